The molecule has 0 aliphatic carbocycles. The van der Waals surface area contributed by atoms with Gasteiger partial charge in [0.2, 0.25) is 5.91 Å². The SMILES string of the molecule is Cc1cccc(C)c1-c1cncc(C(CC(=O)O)NC(=O)C(CC(C)C)n2ccc(CN(C)C)cc2=O)c1. The van der Waals surface area contributed by atoms with Crippen LogP contribution in [0.15, 0.2) is 59.8 Å². The second kappa shape index (κ2) is 12.6. The molecule has 2 aromatic heterocycles. The molecule has 202 valence electrons. The van der Waals surface area contributed by atoms with Crippen LogP contribution in [0.2, 0.25) is 0 Å². The summed E-state index contributed by atoms with van der Waals surface area (Å²) >= 11 is 0. The van der Waals surface area contributed by atoms with Gasteiger partial charge in [-0.25, -0.2) is 0 Å². The minimum absolute atomic E-state index is 0.131. The highest BCUT2D eigenvalue weighted by molar-refractivity contribution is 5.82. The van der Waals surface area contributed by atoms with Gasteiger partial charge < -0.3 is 19.9 Å². The summed E-state index contributed by atoms with van der Waals surface area (Å²) in [5, 5.41) is 12.6. The van der Waals surface area contributed by atoms with Crippen LogP contribution in [0.1, 0.15) is 61.0 Å². The van der Waals surface area contributed by atoms with Gasteiger partial charge in [0.05, 0.1) is 12.5 Å². The molecule has 0 saturated carbocycles. The van der Waals surface area contributed by atoms with Crippen LogP contribution < -0.4 is 10.9 Å². The van der Waals surface area contributed by atoms with Crippen molar-refractivity contribution in [2.45, 2.75) is 59.2 Å². The summed E-state index contributed by atoms with van der Waals surface area (Å²) in [5.41, 5.74) is 5.24. The number of carbonyl (C=O) groups is 2. The molecular weight excluding hydrogens is 480 g/mol. The van der Waals surface area contributed by atoms with E-state index in [4.69, 9.17) is 0 Å². The van der Waals surface area contributed by atoms with Gasteiger partial charge >= 0.3 is 5.97 Å². The average Bonchev–Trinajstić information content (AvgIpc) is 2.82. The highest BCUT2D eigenvalue weighted by Crippen LogP contribution is 2.29. The monoisotopic (exact) mass is 518 g/mol. The zero-order valence-electron chi connectivity index (χ0n) is 23.1. The number of aromatic nitrogens is 2. The lowest BCUT2D eigenvalue weighted by Crippen LogP contribution is -2.40. The van der Waals surface area contributed by atoms with Gasteiger partial charge in [0.25, 0.3) is 5.56 Å². The van der Waals surface area contributed by atoms with Crippen LogP contribution in [-0.4, -0.2) is 45.5 Å². The maximum Gasteiger partial charge on any atom is 0.305 e. The largest absolute Gasteiger partial charge is 0.481 e. The number of nitrogens with zero attached hydrogens (tertiary/aromatic N) is 3. The number of amides is 1. The van der Waals surface area contributed by atoms with Crippen molar-refractivity contribution in [1.29, 1.82) is 0 Å². The molecule has 0 radical (unpaired) electrons. The Morgan fingerprint density at radius 3 is 2.34 bits per heavy atom. The fourth-order valence-electron chi connectivity index (χ4n) is 4.79. The maximum absolute atomic E-state index is 13.6. The first-order chi connectivity index (χ1) is 18.0. The number of rotatable bonds is 11. The van der Waals surface area contributed by atoms with Gasteiger partial charge in [-0.15, -0.1) is 0 Å². The van der Waals surface area contributed by atoms with E-state index in [0.29, 0.717) is 18.5 Å². The molecule has 8 nitrogen and oxygen atoms in total. The smallest absolute Gasteiger partial charge is 0.305 e. The lowest BCUT2D eigenvalue weighted by atomic mass is 9.94. The predicted molar refractivity (Wildman–Crippen MR) is 149 cm³/mol. The first-order valence-corrected chi connectivity index (χ1v) is 12.9. The Labute approximate surface area is 224 Å². The number of hydrogen-bond donors (Lipinski definition) is 2. The molecule has 0 spiro atoms. The number of nitrogens with one attached hydrogen (secondary N) is 1. The third kappa shape index (κ3) is 7.38. The zero-order chi connectivity index (χ0) is 28.0. The molecular formula is C30H38N4O4. The van der Waals surface area contributed by atoms with Crippen LogP contribution in [0, 0.1) is 19.8 Å². The molecule has 8 heteroatoms. The Kier molecular flexibility index (Phi) is 9.58. The minimum Gasteiger partial charge on any atom is -0.481 e. The predicted octanol–water partition coefficient (Wildman–Crippen LogP) is 4.51. The molecule has 1 amide bonds. The van der Waals surface area contributed by atoms with Gasteiger partial charge in [0.1, 0.15) is 6.04 Å². The van der Waals surface area contributed by atoms with Crippen molar-refractivity contribution in [2.24, 2.45) is 5.92 Å². The molecule has 1 aromatic carbocycles. The summed E-state index contributed by atoms with van der Waals surface area (Å²) < 4.78 is 1.44. The van der Waals surface area contributed by atoms with E-state index in [-0.39, 0.29) is 17.9 Å². The lowest BCUT2D eigenvalue weighted by molar-refractivity contribution is -0.138. The zero-order valence-corrected chi connectivity index (χ0v) is 23.1. The topological polar surface area (TPSA) is 105 Å². The highest BCUT2D eigenvalue weighted by atomic mass is 16.4. The van der Waals surface area contributed by atoms with E-state index in [1.165, 1.54) is 4.57 Å². The van der Waals surface area contributed by atoms with Crippen molar-refractivity contribution >= 4 is 11.9 Å². The molecule has 2 heterocycles. The van der Waals surface area contributed by atoms with E-state index in [1.807, 2.05) is 77.0 Å². The number of aryl methyl sites for hydroxylation is 2. The molecule has 0 bridgehead atoms. The quantitative estimate of drug-likeness (QED) is 0.387. The Bertz CT molecular complexity index is 1330. The summed E-state index contributed by atoms with van der Waals surface area (Å²) in [6.45, 7) is 8.62. The molecule has 0 saturated heterocycles. The molecule has 2 unspecified atom stereocenters. The van der Waals surface area contributed by atoms with E-state index in [2.05, 4.69) is 10.3 Å². The maximum atomic E-state index is 13.6. The summed E-state index contributed by atoms with van der Waals surface area (Å²) in [6.07, 6.45) is 5.11. The van der Waals surface area contributed by atoms with E-state index < -0.39 is 24.0 Å². The van der Waals surface area contributed by atoms with Crippen LogP contribution >= 0.6 is 0 Å². The standard InChI is InChI=1S/C30H38N4O4/c1-19(2)12-26(34-11-10-22(13-27(34)35)18-33(5)6)30(38)32-25(15-28(36)37)23-14-24(17-31-16-23)29-20(3)8-7-9-21(29)4/h7-11,13-14,16-17,19,25-26H,12,15,18H2,1-6H3,(H,32,38)(H,36,37). The minimum atomic E-state index is -1.04. The van der Waals surface area contributed by atoms with Gasteiger partial charge in [0, 0.05) is 36.8 Å². The van der Waals surface area contributed by atoms with E-state index in [1.54, 1.807) is 24.7 Å². The van der Waals surface area contributed by atoms with E-state index in [0.717, 1.165) is 27.8 Å². The normalized spacial score (nSPS) is 12.9. The van der Waals surface area contributed by atoms with Gasteiger partial charge in [-0.3, -0.25) is 19.4 Å². The van der Waals surface area contributed by atoms with Crippen molar-refractivity contribution in [3.05, 3.63) is 87.6 Å². The lowest BCUT2D eigenvalue weighted by Gasteiger charge is -2.25. The van der Waals surface area contributed by atoms with E-state index in [9.17, 15) is 19.5 Å². The number of carbonyl (C=O) groups excluding carboxylic acids is 1. The molecule has 2 N–H and O–H groups in total. The van der Waals surface area contributed by atoms with Crippen LogP contribution in [0.4, 0.5) is 0 Å². The molecule has 2 atom stereocenters. The molecule has 3 aromatic rings. The first kappa shape index (κ1) is 28.8. The van der Waals surface area contributed by atoms with Gasteiger partial charge in [-0.2, -0.15) is 0 Å². The first-order valence-electron chi connectivity index (χ1n) is 12.9. The number of carboxylic acids is 1. The highest BCUT2D eigenvalue weighted by Gasteiger charge is 2.27. The number of benzene rings is 1. The number of hydrogen-bond acceptors (Lipinski definition) is 5. The summed E-state index contributed by atoms with van der Waals surface area (Å²) in [4.78, 5) is 44.8. The van der Waals surface area contributed by atoms with E-state index >= 15 is 0 Å². The fourth-order valence-corrected chi connectivity index (χ4v) is 4.79. The van der Waals surface area contributed by atoms with Crippen LogP contribution in [-0.2, 0) is 16.1 Å². The van der Waals surface area contributed by atoms with Crippen molar-refractivity contribution < 1.29 is 14.7 Å². The molecule has 3 rings (SSSR count). The molecule has 0 fully saturated rings. The van der Waals surface area contributed by atoms with Crippen LogP contribution in [0.5, 0.6) is 0 Å². The summed E-state index contributed by atoms with van der Waals surface area (Å²) in [5.74, 6) is -1.31. The number of pyridine rings is 2. The third-order valence-corrected chi connectivity index (χ3v) is 6.47. The van der Waals surface area contributed by atoms with Crippen LogP contribution in [0.3, 0.4) is 0 Å². The Morgan fingerprint density at radius 2 is 1.76 bits per heavy atom. The van der Waals surface area contributed by atoms with Crippen molar-refractivity contribution in [1.82, 2.24) is 19.8 Å². The van der Waals surface area contributed by atoms with Gasteiger partial charge in [-0.05, 0) is 80.2 Å². The fraction of sp³-hybridized carbons (Fsp3) is 0.400. The number of carboxylic acid groups (broad SMARTS) is 1. The summed E-state index contributed by atoms with van der Waals surface area (Å²) in [7, 11) is 3.85. The Balaban J connectivity index is 1.96. The average molecular weight is 519 g/mol. The number of aliphatic carboxylic acids is 1. The second-order valence-electron chi connectivity index (χ2n) is 10.6. The Morgan fingerprint density at radius 1 is 1.08 bits per heavy atom. The Hall–Kier alpha value is -3.78. The molecule has 38 heavy (non-hydrogen) atoms. The van der Waals surface area contributed by atoms with Gasteiger partial charge in [0.15, 0.2) is 0 Å². The van der Waals surface area contributed by atoms with Crippen molar-refractivity contribution in [2.75, 3.05) is 14.1 Å². The van der Waals surface area contributed by atoms with Crippen molar-refractivity contribution in [3.63, 3.8) is 0 Å². The van der Waals surface area contributed by atoms with Crippen LogP contribution in [0.25, 0.3) is 11.1 Å². The van der Waals surface area contributed by atoms with Gasteiger partial charge in [-0.1, -0.05) is 32.0 Å². The van der Waals surface area contributed by atoms with Crippen molar-refractivity contribution in [3.8, 4) is 11.1 Å². The second-order valence-corrected chi connectivity index (χ2v) is 10.6. The summed E-state index contributed by atoms with van der Waals surface area (Å²) in [6, 6.07) is 9.71. The molecule has 0 aliphatic rings. The molecule has 0 aliphatic heterocycles. The third-order valence-electron chi connectivity index (χ3n) is 6.47.